The molecule has 0 aromatic heterocycles. The summed E-state index contributed by atoms with van der Waals surface area (Å²) in [4.78, 5) is 33.4. The van der Waals surface area contributed by atoms with Gasteiger partial charge in [0.2, 0.25) is 0 Å². The van der Waals surface area contributed by atoms with Crippen LogP contribution in [-0.4, -0.2) is 29.8 Å². The Balaban J connectivity index is 1.84. The minimum absolute atomic E-state index is 0.0679. The maximum Gasteiger partial charge on any atom is 0.573 e. The summed E-state index contributed by atoms with van der Waals surface area (Å²) in [5, 5.41) is 12.9. The van der Waals surface area contributed by atoms with Gasteiger partial charge in [-0.3, -0.25) is 14.9 Å². The van der Waals surface area contributed by atoms with Gasteiger partial charge < -0.3 is 14.8 Å². The first-order valence-corrected chi connectivity index (χ1v) is 8.36. The van der Waals surface area contributed by atoms with Crippen molar-refractivity contribution in [2.24, 2.45) is 0 Å². The first kappa shape index (κ1) is 22.7. The molecular formula is C18H12ClF3N2O6. The van der Waals surface area contributed by atoms with Crippen LogP contribution in [0.25, 0.3) is 6.08 Å². The Morgan fingerprint density at radius 1 is 1.17 bits per heavy atom. The van der Waals surface area contributed by atoms with Gasteiger partial charge in [-0.05, 0) is 29.8 Å². The summed E-state index contributed by atoms with van der Waals surface area (Å²) >= 11 is 5.83. The van der Waals surface area contributed by atoms with E-state index in [0.29, 0.717) is 5.56 Å². The van der Waals surface area contributed by atoms with E-state index in [-0.39, 0.29) is 16.4 Å². The van der Waals surface area contributed by atoms with E-state index in [2.05, 4.69) is 10.1 Å². The van der Waals surface area contributed by atoms with Gasteiger partial charge in [0.25, 0.3) is 11.6 Å². The van der Waals surface area contributed by atoms with Gasteiger partial charge >= 0.3 is 12.3 Å². The Hall–Kier alpha value is -3.60. The monoisotopic (exact) mass is 444 g/mol. The summed E-state index contributed by atoms with van der Waals surface area (Å²) in [6, 6.07) is 8.13. The number of carbonyl (C=O) groups is 2. The third kappa shape index (κ3) is 7.43. The number of benzene rings is 2. The largest absolute Gasteiger partial charge is 0.573 e. The molecule has 0 bridgehead atoms. The van der Waals surface area contributed by atoms with Crippen molar-refractivity contribution in [3.63, 3.8) is 0 Å². The molecule has 8 nitrogen and oxygen atoms in total. The molecule has 2 aromatic carbocycles. The van der Waals surface area contributed by atoms with Crippen LogP contribution in [0.3, 0.4) is 0 Å². The SMILES string of the molecule is O=C(COC(=O)/C=C/c1ccc(OC(F)(F)F)cc1)Nc1ccc([N+](=O)[O-])cc1Cl. The maximum atomic E-state index is 12.1. The molecule has 0 aliphatic carbocycles. The topological polar surface area (TPSA) is 108 Å². The molecule has 158 valence electrons. The summed E-state index contributed by atoms with van der Waals surface area (Å²) in [5.74, 6) is -2.03. The van der Waals surface area contributed by atoms with Gasteiger partial charge in [0.1, 0.15) is 5.75 Å². The number of esters is 1. The highest BCUT2D eigenvalue weighted by atomic mass is 35.5. The van der Waals surface area contributed by atoms with Crippen molar-refractivity contribution in [2.45, 2.75) is 6.36 Å². The molecule has 30 heavy (non-hydrogen) atoms. The average Bonchev–Trinajstić information content (AvgIpc) is 2.66. The zero-order chi connectivity index (χ0) is 22.3. The van der Waals surface area contributed by atoms with E-state index in [1.165, 1.54) is 24.3 Å². The Kier molecular flexibility index (Phi) is 7.37. The van der Waals surface area contributed by atoms with Crippen LogP contribution in [0.2, 0.25) is 5.02 Å². The molecule has 0 spiro atoms. The lowest BCUT2D eigenvalue weighted by Gasteiger charge is -2.08. The number of carbonyl (C=O) groups excluding carboxylic acids is 2. The van der Waals surface area contributed by atoms with E-state index in [1.807, 2.05) is 0 Å². The Morgan fingerprint density at radius 3 is 2.40 bits per heavy atom. The number of non-ortho nitro benzene ring substituents is 1. The molecule has 0 radical (unpaired) electrons. The third-order valence-electron chi connectivity index (χ3n) is 3.31. The van der Waals surface area contributed by atoms with Crippen LogP contribution in [0.4, 0.5) is 24.5 Å². The average molecular weight is 445 g/mol. The normalized spacial score (nSPS) is 11.2. The van der Waals surface area contributed by atoms with Crippen LogP contribution in [0, 0.1) is 10.1 Å². The number of hydrogen-bond donors (Lipinski definition) is 1. The van der Waals surface area contributed by atoms with Gasteiger partial charge in [-0.25, -0.2) is 4.79 Å². The number of nitrogens with one attached hydrogen (secondary N) is 1. The molecule has 1 N–H and O–H groups in total. The smallest absolute Gasteiger partial charge is 0.452 e. The molecule has 0 fully saturated rings. The fraction of sp³-hybridized carbons (Fsp3) is 0.111. The zero-order valence-electron chi connectivity index (χ0n) is 14.8. The minimum atomic E-state index is -4.81. The fourth-order valence-corrected chi connectivity index (χ4v) is 2.26. The predicted molar refractivity (Wildman–Crippen MR) is 99.9 cm³/mol. The van der Waals surface area contributed by atoms with Crippen molar-refractivity contribution in [1.29, 1.82) is 0 Å². The second kappa shape index (κ2) is 9.74. The molecule has 0 aliphatic heterocycles. The summed E-state index contributed by atoms with van der Waals surface area (Å²) in [6.45, 7) is -0.658. The molecule has 1 amide bonds. The highest BCUT2D eigenvalue weighted by Crippen LogP contribution is 2.26. The number of anilines is 1. The number of nitrogens with zero attached hydrogens (tertiary/aromatic N) is 1. The van der Waals surface area contributed by atoms with Crippen LogP contribution in [0.1, 0.15) is 5.56 Å². The molecule has 2 rings (SSSR count). The van der Waals surface area contributed by atoms with Crippen LogP contribution in [0.15, 0.2) is 48.5 Å². The van der Waals surface area contributed by atoms with Crippen molar-refractivity contribution in [3.05, 3.63) is 69.2 Å². The lowest BCUT2D eigenvalue weighted by molar-refractivity contribution is -0.384. The Bertz CT molecular complexity index is 977. The molecule has 0 aliphatic rings. The summed E-state index contributed by atoms with van der Waals surface area (Å²) in [7, 11) is 0. The van der Waals surface area contributed by atoms with E-state index in [4.69, 9.17) is 16.3 Å². The second-order valence-electron chi connectivity index (χ2n) is 5.53. The number of hydrogen-bond acceptors (Lipinski definition) is 6. The van der Waals surface area contributed by atoms with Crippen molar-refractivity contribution >= 4 is 40.9 Å². The highest BCUT2D eigenvalue weighted by molar-refractivity contribution is 6.34. The van der Waals surface area contributed by atoms with Gasteiger partial charge in [0.15, 0.2) is 6.61 Å². The van der Waals surface area contributed by atoms with Crippen molar-refractivity contribution in [3.8, 4) is 5.75 Å². The van der Waals surface area contributed by atoms with Gasteiger partial charge in [-0.2, -0.15) is 0 Å². The standard InChI is InChI=1S/C18H12ClF3N2O6/c19-14-9-12(24(27)28)4-7-15(14)23-16(25)10-29-17(26)8-3-11-1-5-13(6-2-11)30-18(20,21)22/h1-9H,10H2,(H,23,25)/b8-3+. The number of rotatable bonds is 7. The zero-order valence-corrected chi connectivity index (χ0v) is 15.6. The van der Waals surface area contributed by atoms with E-state index >= 15 is 0 Å². The summed E-state index contributed by atoms with van der Waals surface area (Å²) in [5.41, 5.74) is 0.233. The Morgan fingerprint density at radius 2 is 1.83 bits per heavy atom. The molecule has 2 aromatic rings. The van der Waals surface area contributed by atoms with Crippen molar-refractivity contribution in [2.75, 3.05) is 11.9 Å². The lowest BCUT2D eigenvalue weighted by Crippen LogP contribution is -2.20. The predicted octanol–water partition coefficient (Wildman–Crippen LogP) is 4.34. The molecule has 0 saturated heterocycles. The molecule has 0 saturated carbocycles. The van der Waals surface area contributed by atoms with Gasteiger partial charge in [-0.15, -0.1) is 13.2 Å². The van der Waals surface area contributed by atoms with Gasteiger partial charge in [-0.1, -0.05) is 23.7 Å². The molecule has 0 heterocycles. The van der Waals surface area contributed by atoms with E-state index < -0.39 is 35.5 Å². The van der Waals surface area contributed by atoms with Crippen molar-refractivity contribution in [1.82, 2.24) is 0 Å². The number of alkyl halides is 3. The summed E-state index contributed by atoms with van der Waals surface area (Å²) in [6.07, 6.45) is -2.56. The van der Waals surface area contributed by atoms with Crippen LogP contribution >= 0.6 is 11.6 Å². The quantitative estimate of drug-likeness (QED) is 0.294. The summed E-state index contributed by atoms with van der Waals surface area (Å²) < 4.78 is 44.7. The van der Waals surface area contributed by atoms with Crippen LogP contribution < -0.4 is 10.1 Å². The molecular weight excluding hydrogens is 433 g/mol. The maximum absolute atomic E-state index is 12.1. The van der Waals surface area contributed by atoms with Gasteiger partial charge in [0, 0.05) is 18.2 Å². The first-order chi connectivity index (χ1) is 14.0. The van der Waals surface area contributed by atoms with Gasteiger partial charge in [0.05, 0.1) is 15.6 Å². The Labute approximate surface area is 172 Å². The second-order valence-corrected chi connectivity index (χ2v) is 5.93. The minimum Gasteiger partial charge on any atom is -0.452 e. The number of nitro benzene ring substituents is 1. The number of nitro groups is 1. The van der Waals surface area contributed by atoms with Crippen LogP contribution in [-0.2, 0) is 14.3 Å². The molecule has 0 atom stereocenters. The fourth-order valence-electron chi connectivity index (χ4n) is 2.03. The third-order valence-corrected chi connectivity index (χ3v) is 3.62. The van der Waals surface area contributed by atoms with E-state index in [1.54, 1.807) is 0 Å². The molecule has 0 unspecified atom stereocenters. The first-order valence-electron chi connectivity index (χ1n) is 7.98. The van der Waals surface area contributed by atoms with E-state index in [0.717, 1.165) is 30.3 Å². The number of amides is 1. The number of halogens is 4. The van der Waals surface area contributed by atoms with E-state index in [9.17, 15) is 32.9 Å². The lowest BCUT2D eigenvalue weighted by atomic mass is 10.2. The van der Waals surface area contributed by atoms with Crippen molar-refractivity contribution < 1.29 is 37.2 Å². The molecule has 12 heteroatoms. The highest BCUT2D eigenvalue weighted by Gasteiger charge is 2.30. The number of ether oxygens (including phenoxy) is 2. The van der Waals surface area contributed by atoms with Crippen LogP contribution in [0.5, 0.6) is 5.75 Å².